The van der Waals surface area contributed by atoms with E-state index < -0.39 is 0 Å². The molecule has 0 aliphatic rings. The highest BCUT2D eigenvalue weighted by molar-refractivity contribution is 7.78. The zero-order valence-corrected chi connectivity index (χ0v) is 9.89. The zero-order chi connectivity index (χ0) is 10.7. The molecule has 4 heteroatoms. The van der Waals surface area contributed by atoms with Gasteiger partial charge in [-0.3, -0.25) is 0 Å². The average molecular weight is 234 g/mol. The standard InChI is InChI=1S/C11H10N2S2/c1-9-4-6-13(7-5-9)12-11(14)10-3-2-8-15-10/h2-8H,1H3. The summed E-state index contributed by atoms with van der Waals surface area (Å²) in [4.78, 5) is 1.03. The molecule has 76 valence electrons. The normalized spacial score (nSPS) is 11.7. The van der Waals surface area contributed by atoms with Crippen LogP contribution in [0, 0.1) is 6.92 Å². The molecule has 2 aromatic rings. The molecule has 0 amide bonds. The van der Waals surface area contributed by atoms with E-state index >= 15 is 0 Å². The highest BCUT2D eigenvalue weighted by atomic mass is 32.1. The van der Waals surface area contributed by atoms with Crippen molar-refractivity contribution in [2.24, 2.45) is 5.10 Å². The number of aromatic nitrogens is 1. The Morgan fingerprint density at radius 2 is 2.07 bits per heavy atom. The lowest BCUT2D eigenvalue weighted by atomic mass is 10.3. The molecule has 0 aliphatic carbocycles. The Labute approximate surface area is 98.3 Å². The quantitative estimate of drug-likeness (QED) is 0.336. The fraction of sp³-hybridized carbons (Fsp3) is 0.0909. The first-order valence-corrected chi connectivity index (χ1v) is 5.82. The van der Waals surface area contributed by atoms with Crippen molar-refractivity contribution >= 4 is 29.0 Å². The van der Waals surface area contributed by atoms with Crippen LogP contribution in [0.5, 0.6) is 0 Å². The summed E-state index contributed by atoms with van der Waals surface area (Å²) in [5.41, 5.74) is 1.21. The van der Waals surface area contributed by atoms with Gasteiger partial charge in [0.1, 0.15) is 0 Å². The van der Waals surface area contributed by atoms with Gasteiger partial charge in [-0.15, -0.1) is 11.3 Å². The van der Waals surface area contributed by atoms with Gasteiger partial charge in [-0.1, -0.05) is 10.7 Å². The summed E-state index contributed by atoms with van der Waals surface area (Å²) >= 11 is 6.82. The second-order valence-corrected chi connectivity index (χ2v) is 4.47. The molecule has 0 radical (unpaired) electrons. The average Bonchev–Trinajstić information content (AvgIpc) is 2.74. The van der Waals surface area contributed by atoms with Crippen molar-refractivity contribution in [3.05, 3.63) is 52.5 Å². The van der Waals surface area contributed by atoms with E-state index in [4.69, 9.17) is 12.6 Å². The van der Waals surface area contributed by atoms with E-state index in [-0.39, 0.29) is 0 Å². The summed E-state index contributed by atoms with van der Waals surface area (Å²) in [6, 6.07) is 7.95. The molecule has 0 spiro atoms. The molecule has 2 heterocycles. The van der Waals surface area contributed by atoms with E-state index in [2.05, 4.69) is 5.10 Å². The molecular formula is C11H10N2S2. The minimum Gasteiger partial charge on any atom is -0.753 e. The third kappa shape index (κ3) is 2.61. The van der Waals surface area contributed by atoms with Crippen molar-refractivity contribution < 1.29 is 4.68 Å². The number of rotatable bonds is 2. The Kier molecular flexibility index (Phi) is 3.08. The third-order valence-corrected chi connectivity index (χ3v) is 3.23. The summed E-state index contributed by atoms with van der Waals surface area (Å²) in [7, 11) is 0. The lowest BCUT2D eigenvalue weighted by molar-refractivity contribution is -0.678. The van der Waals surface area contributed by atoms with Crippen LogP contribution in [0.25, 0.3) is 0 Å². The number of pyridine rings is 1. The predicted octanol–water partition coefficient (Wildman–Crippen LogP) is 2.10. The Hall–Kier alpha value is -1.26. The van der Waals surface area contributed by atoms with E-state index in [9.17, 15) is 0 Å². The van der Waals surface area contributed by atoms with E-state index in [1.165, 1.54) is 5.56 Å². The molecular weight excluding hydrogens is 224 g/mol. The van der Waals surface area contributed by atoms with Gasteiger partial charge < -0.3 is 12.6 Å². The van der Waals surface area contributed by atoms with Crippen LogP contribution in [-0.2, 0) is 12.6 Å². The van der Waals surface area contributed by atoms with Crippen molar-refractivity contribution in [1.29, 1.82) is 0 Å². The van der Waals surface area contributed by atoms with Crippen LogP contribution in [0.1, 0.15) is 10.4 Å². The van der Waals surface area contributed by atoms with Gasteiger partial charge in [-0.05, 0) is 29.0 Å². The topological polar surface area (TPSA) is 16.2 Å². The van der Waals surface area contributed by atoms with Crippen LogP contribution in [0.4, 0.5) is 0 Å². The molecule has 0 bridgehead atoms. The Balaban J connectivity index is 2.27. The monoisotopic (exact) mass is 234 g/mol. The first-order chi connectivity index (χ1) is 7.25. The summed E-state index contributed by atoms with van der Waals surface area (Å²) < 4.78 is 1.73. The fourth-order valence-electron chi connectivity index (χ4n) is 1.11. The first kappa shape index (κ1) is 10.3. The molecule has 0 saturated carbocycles. The van der Waals surface area contributed by atoms with Crippen molar-refractivity contribution in [1.82, 2.24) is 0 Å². The Morgan fingerprint density at radius 1 is 1.33 bits per heavy atom. The van der Waals surface area contributed by atoms with Crippen molar-refractivity contribution in [3.8, 4) is 0 Å². The van der Waals surface area contributed by atoms with Gasteiger partial charge in [0.05, 0.1) is 0 Å². The van der Waals surface area contributed by atoms with Crippen LogP contribution in [0.2, 0.25) is 0 Å². The van der Waals surface area contributed by atoms with Gasteiger partial charge in [0.15, 0.2) is 0 Å². The van der Waals surface area contributed by atoms with Crippen LogP contribution < -0.4 is 4.68 Å². The lowest BCUT2D eigenvalue weighted by Gasteiger charge is -2.02. The minimum absolute atomic E-state index is 0.624. The molecule has 15 heavy (non-hydrogen) atoms. The van der Waals surface area contributed by atoms with Gasteiger partial charge in [-0.25, -0.2) is 0 Å². The highest BCUT2D eigenvalue weighted by Gasteiger charge is 1.97. The van der Waals surface area contributed by atoms with Crippen LogP contribution in [-0.4, -0.2) is 5.04 Å². The molecule has 0 unspecified atom stereocenters. The maximum Gasteiger partial charge on any atom is 0.202 e. The SMILES string of the molecule is Cc1cc[n+](/N=C(/[S-])c2cccs2)cc1. The number of hydrogen-bond acceptors (Lipinski definition) is 3. The summed E-state index contributed by atoms with van der Waals surface area (Å²) in [6.45, 7) is 2.04. The minimum atomic E-state index is 0.624. The number of aryl methyl sites for hydroxylation is 1. The van der Waals surface area contributed by atoms with Gasteiger partial charge >= 0.3 is 0 Å². The smallest absolute Gasteiger partial charge is 0.202 e. The van der Waals surface area contributed by atoms with Gasteiger partial charge in [-0.2, -0.15) is 0 Å². The zero-order valence-electron chi connectivity index (χ0n) is 8.25. The molecule has 0 atom stereocenters. The van der Waals surface area contributed by atoms with E-state index in [0.717, 1.165) is 4.88 Å². The second kappa shape index (κ2) is 4.51. The van der Waals surface area contributed by atoms with Crippen LogP contribution in [0.15, 0.2) is 47.1 Å². The molecule has 2 nitrogen and oxygen atoms in total. The van der Waals surface area contributed by atoms with E-state index in [1.807, 2.05) is 49.0 Å². The summed E-state index contributed by atoms with van der Waals surface area (Å²) in [6.07, 6.45) is 3.80. The van der Waals surface area contributed by atoms with Crippen molar-refractivity contribution in [2.45, 2.75) is 6.92 Å². The van der Waals surface area contributed by atoms with Gasteiger partial charge in [0.25, 0.3) is 0 Å². The first-order valence-electron chi connectivity index (χ1n) is 4.53. The third-order valence-electron chi connectivity index (χ3n) is 1.92. The fourth-order valence-corrected chi connectivity index (χ4v) is 2.02. The molecule has 0 N–H and O–H groups in total. The Morgan fingerprint density at radius 3 is 2.67 bits per heavy atom. The molecule has 0 saturated heterocycles. The highest BCUT2D eigenvalue weighted by Crippen LogP contribution is 2.08. The lowest BCUT2D eigenvalue weighted by Crippen LogP contribution is -2.27. The summed E-state index contributed by atoms with van der Waals surface area (Å²) in [5, 5.41) is 6.92. The molecule has 0 aromatic carbocycles. The van der Waals surface area contributed by atoms with Gasteiger partial charge in [0.2, 0.25) is 12.4 Å². The summed E-state index contributed by atoms with van der Waals surface area (Å²) in [5.74, 6) is 0. The molecule has 2 aromatic heterocycles. The van der Waals surface area contributed by atoms with E-state index in [1.54, 1.807) is 16.0 Å². The molecule has 0 fully saturated rings. The Bertz CT molecular complexity index is 458. The van der Waals surface area contributed by atoms with Crippen molar-refractivity contribution in [2.75, 3.05) is 0 Å². The van der Waals surface area contributed by atoms with Crippen LogP contribution >= 0.6 is 11.3 Å². The van der Waals surface area contributed by atoms with E-state index in [0.29, 0.717) is 5.04 Å². The second-order valence-electron chi connectivity index (χ2n) is 3.14. The maximum atomic E-state index is 5.21. The van der Waals surface area contributed by atoms with Crippen LogP contribution in [0.3, 0.4) is 0 Å². The number of nitrogens with zero attached hydrogens (tertiary/aromatic N) is 2. The maximum absolute atomic E-state index is 5.21. The molecule has 0 aliphatic heterocycles. The number of thiophene rings is 1. The van der Waals surface area contributed by atoms with Crippen molar-refractivity contribution in [3.63, 3.8) is 0 Å². The largest absolute Gasteiger partial charge is 0.753 e. The number of hydrogen-bond donors (Lipinski definition) is 0. The predicted molar refractivity (Wildman–Crippen MR) is 65.0 cm³/mol. The van der Waals surface area contributed by atoms with Gasteiger partial charge in [0, 0.05) is 22.1 Å². The molecule has 2 rings (SSSR count).